The largest absolute Gasteiger partial charge is 0.345 e. The average Bonchev–Trinajstić information content (AvgIpc) is 2.67. The van der Waals surface area contributed by atoms with Crippen LogP contribution in [0.25, 0.3) is 0 Å². The molecule has 1 N–H and O–H groups in total. The van der Waals surface area contributed by atoms with E-state index in [9.17, 15) is 13.2 Å². The number of hydrogen-bond acceptors (Lipinski definition) is 3. The van der Waals surface area contributed by atoms with Gasteiger partial charge in [-0.25, -0.2) is 13.1 Å². The normalized spacial score (nSPS) is 19.9. The van der Waals surface area contributed by atoms with Crippen LogP contribution in [0.2, 0.25) is 0 Å². The van der Waals surface area contributed by atoms with Crippen molar-refractivity contribution in [1.82, 2.24) is 9.62 Å². The van der Waals surface area contributed by atoms with E-state index in [2.05, 4.69) is 4.72 Å². The molecular weight excluding hydrogens is 264 g/mol. The van der Waals surface area contributed by atoms with Crippen molar-refractivity contribution >= 4 is 15.9 Å². The van der Waals surface area contributed by atoms with Gasteiger partial charge in [-0.05, 0) is 11.5 Å². The van der Waals surface area contributed by atoms with E-state index < -0.39 is 10.0 Å². The van der Waals surface area contributed by atoms with Crippen molar-refractivity contribution in [3.63, 3.8) is 0 Å². The maximum atomic E-state index is 11.9. The average molecular weight is 282 g/mol. The van der Waals surface area contributed by atoms with Gasteiger partial charge >= 0.3 is 0 Å². The number of likely N-dealkylation sites (tertiary alicyclic amines) is 1. The maximum Gasteiger partial charge on any atom is 0.222 e. The Morgan fingerprint density at radius 2 is 2.00 bits per heavy atom. The Morgan fingerprint density at radius 3 is 2.58 bits per heavy atom. The summed E-state index contributed by atoms with van der Waals surface area (Å²) in [5.41, 5.74) is 0.759. The molecule has 1 atom stereocenters. The second kappa shape index (κ2) is 5.71. The van der Waals surface area contributed by atoms with Crippen LogP contribution in [0.15, 0.2) is 30.3 Å². The van der Waals surface area contributed by atoms with Gasteiger partial charge in [0.15, 0.2) is 0 Å². The van der Waals surface area contributed by atoms with Crippen molar-refractivity contribution in [2.75, 3.05) is 20.1 Å². The molecule has 0 aromatic heterocycles. The summed E-state index contributed by atoms with van der Waals surface area (Å²) in [6.07, 6.45) is 0.421. The summed E-state index contributed by atoms with van der Waals surface area (Å²) in [6.45, 7) is 0.942. The third-order valence-corrected chi connectivity index (χ3v) is 4.53. The number of rotatable bonds is 5. The van der Waals surface area contributed by atoms with Crippen molar-refractivity contribution in [1.29, 1.82) is 0 Å². The number of carbonyl (C=O) groups excluding carboxylic acids is 1. The first kappa shape index (κ1) is 14.0. The van der Waals surface area contributed by atoms with Crippen molar-refractivity contribution in [3.05, 3.63) is 35.9 Å². The van der Waals surface area contributed by atoms with Crippen LogP contribution in [0.3, 0.4) is 0 Å². The highest BCUT2D eigenvalue weighted by molar-refractivity contribution is 7.88. The molecule has 0 radical (unpaired) electrons. The monoisotopic (exact) mass is 282 g/mol. The zero-order chi connectivity index (χ0) is 13.9. The van der Waals surface area contributed by atoms with E-state index in [4.69, 9.17) is 0 Å². The van der Waals surface area contributed by atoms with Crippen LogP contribution in [-0.2, 0) is 20.6 Å². The summed E-state index contributed by atoms with van der Waals surface area (Å²) in [6, 6.07) is 9.05. The smallest absolute Gasteiger partial charge is 0.222 e. The van der Waals surface area contributed by atoms with E-state index >= 15 is 0 Å². The van der Waals surface area contributed by atoms with Gasteiger partial charge in [-0.1, -0.05) is 30.3 Å². The molecule has 0 spiro atoms. The molecule has 1 fully saturated rings. The molecule has 1 heterocycles. The fourth-order valence-corrected chi connectivity index (χ4v) is 3.41. The van der Waals surface area contributed by atoms with E-state index in [1.54, 1.807) is 24.1 Å². The summed E-state index contributed by atoms with van der Waals surface area (Å²) in [4.78, 5) is 13.0. The van der Waals surface area contributed by atoms with Gasteiger partial charge in [0.2, 0.25) is 15.9 Å². The molecule has 104 valence electrons. The Labute approximate surface area is 113 Å². The molecule has 1 amide bonds. The van der Waals surface area contributed by atoms with Crippen molar-refractivity contribution in [3.8, 4) is 0 Å². The minimum absolute atomic E-state index is 0.0235. The summed E-state index contributed by atoms with van der Waals surface area (Å²) in [5.74, 6) is 0.125. The van der Waals surface area contributed by atoms with Crippen LogP contribution in [0.4, 0.5) is 0 Å². The van der Waals surface area contributed by atoms with Gasteiger partial charge in [-0.15, -0.1) is 0 Å². The summed E-state index contributed by atoms with van der Waals surface area (Å²) >= 11 is 0. The van der Waals surface area contributed by atoms with Crippen LogP contribution in [-0.4, -0.2) is 39.4 Å². The fourth-order valence-electron chi connectivity index (χ4n) is 2.18. The molecule has 2 rings (SSSR count). The summed E-state index contributed by atoms with van der Waals surface area (Å²) < 4.78 is 26.4. The third-order valence-electron chi connectivity index (χ3n) is 3.21. The van der Waals surface area contributed by atoms with E-state index in [1.165, 1.54) is 0 Å². The summed E-state index contributed by atoms with van der Waals surface area (Å²) in [7, 11) is -1.60. The summed E-state index contributed by atoms with van der Waals surface area (Å²) in [5, 5.41) is 0. The standard InChI is InChI=1S/C13H18N2O3S/c1-15-9-12(7-13(15)16)8-14-19(17,18)10-11-5-3-2-4-6-11/h2-6,12,14H,7-10H2,1H3. The van der Waals surface area contributed by atoms with Crippen LogP contribution in [0.1, 0.15) is 12.0 Å². The van der Waals surface area contributed by atoms with Gasteiger partial charge in [0.05, 0.1) is 5.75 Å². The van der Waals surface area contributed by atoms with Crippen molar-refractivity contribution in [2.45, 2.75) is 12.2 Å². The molecule has 6 heteroatoms. The molecule has 1 aromatic carbocycles. The van der Waals surface area contributed by atoms with Gasteiger partial charge in [-0.3, -0.25) is 4.79 Å². The number of nitrogens with one attached hydrogen (secondary N) is 1. The van der Waals surface area contributed by atoms with Crippen molar-refractivity contribution < 1.29 is 13.2 Å². The molecule has 0 saturated carbocycles. The lowest BCUT2D eigenvalue weighted by molar-refractivity contribution is -0.126. The molecule has 19 heavy (non-hydrogen) atoms. The van der Waals surface area contributed by atoms with Crippen LogP contribution >= 0.6 is 0 Å². The highest BCUT2D eigenvalue weighted by atomic mass is 32.2. The second-order valence-electron chi connectivity index (χ2n) is 4.94. The minimum atomic E-state index is -3.34. The number of nitrogens with zero attached hydrogens (tertiary/aromatic N) is 1. The molecule has 0 aliphatic carbocycles. The quantitative estimate of drug-likeness (QED) is 0.859. The van der Waals surface area contributed by atoms with Crippen LogP contribution in [0, 0.1) is 5.92 Å². The topological polar surface area (TPSA) is 66.5 Å². The Bertz CT molecular complexity index is 542. The molecular formula is C13H18N2O3S. The first-order valence-electron chi connectivity index (χ1n) is 6.21. The SMILES string of the molecule is CN1CC(CNS(=O)(=O)Cc2ccccc2)CC1=O. The van der Waals surface area contributed by atoms with E-state index in [-0.39, 0.29) is 17.6 Å². The predicted octanol–water partition coefficient (Wildman–Crippen LogP) is 0.584. The minimum Gasteiger partial charge on any atom is -0.345 e. The lowest BCUT2D eigenvalue weighted by Crippen LogP contribution is -2.31. The highest BCUT2D eigenvalue weighted by Crippen LogP contribution is 2.15. The van der Waals surface area contributed by atoms with Crippen LogP contribution < -0.4 is 4.72 Å². The van der Waals surface area contributed by atoms with Gasteiger partial charge < -0.3 is 4.90 Å². The van der Waals surface area contributed by atoms with Crippen molar-refractivity contribution in [2.24, 2.45) is 5.92 Å². The predicted molar refractivity (Wildman–Crippen MR) is 72.8 cm³/mol. The third kappa shape index (κ3) is 4.04. The number of amides is 1. The number of hydrogen-bond donors (Lipinski definition) is 1. The lowest BCUT2D eigenvalue weighted by Gasteiger charge is -2.11. The fraction of sp³-hybridized carbons (Fsp3) is 0.462. The van der Waals surface area contributed by atoms with Gasteiger partial charge in [0.1, 0.15) is 0 Å². The molecule has 1 aliphatic heterocycles. The maximum absolute atomic E-state index is 11.9. The van der Waals surface area contributed by atoms with E-state index in [0.29, 0.717) is 19.5 Å². The molecule has 1 aliphatic rings. The molecule has 1 saturated heterocycles. The zero-order valence-electron chi connectivity index (χ0n) is 10.9. The van der Waals surface area contributed by atoms with Gasteiger partial charge in [0.25, 0.3) is 0 Å². The Balaban J connectivity index is 1.87. The van der Waals surface area contributed by atoms with E-state index in [0.717, 1.165) is 5.56 Å². The number of carbonyl (C=O) groups is 1. The molecule has 0 bridgehead atoms. The van der Waals surface area contributed by atoms with E-state index in [1.807, 2.05) is 18.2 Å². The molecule has 5 nitrogen and oxygen atoms in total. The van der Waals surface area contributed by atoms with Gasteiger partial charge in [0, 0.05) is 26.6 Å². The molecule has 1 aromatic rings. The number of benzene rings is 1. The first-order valence-corrected chi connectivity index (χ1v) is 7.87. The Morgan fingerprint density at radius 1 is 1.32 bits per heavy atom. The lowest BCUT2D eigenvalue weighted by atomic mass is 10.1. The first-order chi connectivity index (χ1) is 8.96. The Hall–Kier alpha value is -1.40. The van der Waals surface area contributed by atoms with Crippen LogP contribution in [0.5, 0.6) is 0 Å². The van der Waals surface area contributed by atoms with Gasteiger partial charge in [-0.2, -0.15) is 0 Å². The zero-order valence-corrected chi connectivity index (χ0v) is 11.7. The number of sulfonamides is 1. The molecule has 1 unspecified atom stereocenters. The second-order valence-corrected chi connectivity index (χ2v) is 6.74. The highest BCUT2D eigenvalue weighted by Gasteiger charge is 2.27. The Kier molecular flexibility index (Phi) is 4.21.